The van der Waals surface area contributed by atoms with Crippen LogP contribution in [0.5, 0.6) is 0 Å². The number of rotatable bonds is 3. The Morgan fingerprint density at radius 3 is 2.56 bits per heavy atom. The number of hydrogen-bond donors (Lipinski definition) is 0. The van der Waals surface area contributed by atoms with Gasteiger partial charge in [-0.2, -0.15) is 5.10 Å². The van der Waals surface area contributed by atoms with Crippen LogP contribution in [0.25, 0.3) is 21.9 Å². The van der Waals surface area contributed by atoms with E-state index in [0.29, 0.717) is 16.7 Å². The molecule has 0 saturated carbocycles. The number of carbonyl (C=O) groups excluding carboxylic acids is 1. The van der Waals surface area contributed by atoms with Crippen LogP contribution in [-0.4, -0.2) is 15.6 Å². The predicted octanol–water partition coefficient (Wildman–Crippen LogP) is 4.57. The summed E-state index contributed by atoms with van der Waals surface area (Å²) in [6, 6.07) is 13.0. The monoisotopic (exact) mass is 360 g/mol. The van der Waals surface area contributed by atoms with Crippen LogP contribution < -0.4 is 5.43 Å². The summed E-state index contributed by atoms with van der Waals surface area (Å²) in [5.41, 5.74) is 2.30. The summed E-state index contributed by atoms with van der Waals surface area (Å²) in [5.74, 6) is -0.0928. The Balaban J connectivity index is 1.99. The highest BCUT2D eigenvalue weighted by molar-refractivity contribution is 6.16. The second kappa shape index (κ2) is 6.20. The first-order valence-electron chi connectivity index (χ1n) is 8.94. The number of carbonyl (C=O) groups is 1. The molecule has 0 bridgehead atoms. The second-order valence-electron chi connectivity index (χ2n) is 7.10. The van der Waals surface area contributed by atoms with E-state index < -0.39 is 5.78 Å². The van der Waals surface area contributed by atoms with Gasteiger partial charge in [0.15, 0.2) is 0 Å². The molecule has 5 heteroatoms. The fraction of sp³-hybridized carbons (Fsp3) is 0.227. The molecular weight excluding hydrogens is 340 g/mol. The molecule has 27 heavy (non-hydrogen) atoms. The molecule has 4 aromatic rings. The third-order valence-corrected chi connectivity index (χ3v) is 4.77. The van der Waals surface area contributed by atoms with E-state index in [2.05, 4.69) is 5.10 Å². The zero-order valence-electron chi connectivity index (χ0n) is 15.7. The van der Waals surface area contributed by atoms with Gasteiger partial charge in [-0.1, -0.05) is 29.8 Å². The van der Waals surface area contributed by atoms with Crippen LogP contribution in [0.1, 0.15) is 47.3 Å². The van der Waals surface area contributed by atoms with E-state index in [1.807, 2.05) is 55.8 Å². The normalized spacial score (nSPS) is 11.6. The van der Waals surface area contributed by atoms with Gasteiger partial charge < -0.3 is 4.42 Å². The number of benzene rings is 2. The van der Waals surface area contributed by atoms with Crippen molar-refractivity contribution >= 4 is 27.7 Å². The standard InChI is InChI=1S/C22H20N2O3/c1-12(2)24-17-8-6-5-7-15(17)20(23-24)22(26)19-14(4)27-18-10-9-13(3)11-16(18)21(19)25/h5-12H,1-4H3. The Morgan fingerprint density at radius 1 is 1.07 bits per heavy atom. The van der Waals surface area contributed by atoms with E-state index in [1.54, 1.807) is 19.1 Å². The fourth-order valence-corrected chi connectivity index (χ4v) is 3.45. The van der Waals surface area contributed by atoms with E-state index in [1.165, 1.54) is 0 Å². The van der Waals surface area contributed by atoms with Crippen LogP contribution in [0.2, 0.25) is 0 Å². The number of ketones is 1. The second-order valence-corrected chi connectivity index (χ2v) is 7.10. The summed E-state index contributed by atoms with van der Waals surface area (Å²) in [6.07, 6.45) is 0. The molecule has 2 aromatic heterocycles. The highest BCUT2D eigenvalue weighted by atomic mass is 16.3. The minimum Gasteiger partial charge on any atom is -0.460 e. The summed E-state index contributed by atoms with van der Waals surface area (Å²) >= 11 is 0. The fourth-order valence-electron chi connectivity index (χ4n) is 3.45. The molecule has 0 aliphatic carbocycles. The number of aromatic nitrogens is 2. The third kappa shape index (κ3) is 2.67. The van der Waals surface area contributed by atoms with Crippen LogP contribution in [0, 0.1) is 13.8 Å². The topological polar surface area (TPSA) is 65.1 Å². The smallest absolute Gasteiger partial charge is 0.221 e. The first-order chi connectivity index (χ1) is 12.9. The molecule has 0 unspecified atom stereocenters. The van der Waals surface area contributed by atoms with E-state index in [0.717, 1.165) is 16.5 Å². The summed E-state index contributed by atoms with van der Waals surface area (Å²) in [7, 11) is 0. The average molecular weight is 360 g/mol. The molecule has 2 aromatic carbocycles. The van der Waals surface area contributed by atoms with Crippen LogP contribution >= 0.6 is 0 Å². The van der Waals surface area contributed by atoms with Crippen molar-refractivity contribution in [1.82, 2.24) is 9.78 Å². The number of nitrogens with zero attached hydrogens (tertiary/aromatic N) is 2. The van der Waals surface area contributed by atoms with Crippen molar-refractivity contribution in [3.8, 4) is 0 Å². The van der Waals surface area contributed by atoms with Crippen LogP contribution in [-0.2, 0) is 0 Å². The first-order valence-corrected chi connectivity index (χ1v) is 8.94. The molecule has 0 amide bonds. The van der Waals surface area contributed by atoms with Gasteiger partial charge in [-0.3, -0.25) is 14.3 Å². The van der Waals surface area contributed by atoms with E-state index in [9.17, 15) is 9.59 Å². The largest absolute Gasteiger partial charge is 0.460 e. The molecular formula is C22H20N2O3. The minimum atomic E-state index is -0.403. The Labute approximate surface area is 156 Å². The number of hydrogen-bond acceptors (Lipinski definition) is 4. The Bertz CT molecular complexity index is 1260. The molecule has 0 aliphatic rings. The average Bonchev–Trinajstić information content (AvgIpc) is 3.02. The van der Waals surface area contributed by atoms with Crippen molar-refractivity contribution in [3.05, 3.63) is 75.3 Å². The van der Waals surface area contributed by atoms with Gasteiger partial charge in [-0.25, -0.2) is 0 Å². The van der Waals surface area contributed by atoms with Gasteiger partial charge in [0.2, 0.25) is 11.2 Å². The van der Waals surface area contributed by atoms with Crippen molar-refractivity contribution in [2.24, 2.45) is 0 Å². The predicted molar refractivity (Wildman–Crippen MR) is 106 cm³/mol. The zero-order chi connectivity index (χ0) is 19.3. The summed E-state index contributed by atoms with van der Waals surface area (Å²) in [5, 5.41) is 5.68. The molecule has 0 radical (unpaired) electrons. The van der Waals surface area contributed by atoms with Gasteiger partial charge in [0.1, 0.15) is 22.6 Å². The Kier molecular flexibility index (Phi) is 3.95. The van der Waals surface area contributed by atoms with Gasteiger partial charge >= 0.3 is 0 Å². The van der Waals surface area contributed by atoms with Crippen molar-refractivity contribution < 1.29 is 9.21 Å². The maximum absolute atomic E-state index is 13.3. The van der Waals surface area contributed by atoms with Crippen LogP contribution in [0.3, 0.4) is 0 Å². The van der Waals surface area contributed by atoms with Gasteiger partial charge in [0.25, 0.3) is 0 Å². The Morgan fingerprint density at radius 2 is 1.81 bits per heavy atom. The third-order valence-electron chi connectivity index (χ3n) is 4.77. The summed E-state index contributed by atoms with van der Waals surface area (Å²) < 4.78 is 7.59. The molecule has 2 heterocycles. The lowest BCUT2D eigenvalue weighted by Crippen LogP contribution is -2.19. The molecule has 0 N–H and O–H groups in total. The van der Waals surface area contributed by atoms with Crippen molar-refractivity contribution in [1.29, 1.82) is 0 Å². The number of para-hydroxylation sites is 1. The molecule has 4 rings (SSSR count). The number of aryl methyl sites for hydroxylation is 2. The molecule has 0 aliphatic heterocycles. The summed E-state index contributed by atoms with van der Waals surface area (Å²) in [4.78, 5) is 26.4. The molecule has 0 fully saturated rings. The van der Waals surface area contributed by atoms with Gasteiger partial charge in [0.05, 0.1) is 10.9 Å². The summed E-state index contributed by atoms with van der Waals surface area (Å²) in [6.45, 7) is 7.56. The Hall–Kier alpha value is -3.21. The lowest BCUT2D eigenvalue weighted by atomic mass is 10.0. The maximum Gasteiger partial charge on any atom is 0.221 e. The van der Waals surface area contributed by atoms with Crippen LogP contribution in [0.4, 0.5) is 0 Å². The quantitative estimate of drug-likeness (QED) is 0.502. The maximum atomic E-state index is 13.3. The number of fused-ring (bicyclic) bond motifs is 2. The first kappa shape index (κ1) is 17.2. The van der Waals surface area contributed by atoms with Crippen molar-refractivity contribution in [3.63, 3.8) is 0 Å². The molecule has 0 atom stereocenters. The minimum absolute atomic E-state index is 0.0484. The highest BCUT2D eigenvalue weighted by Gasteiger charge is 2.25. The van der Waals surface area contributed by atoms with Crippen molar-refractivity contribution in [2.45, 2.75) is 33.7 Å². The lowest BCUT2D eigenvalue weighted by molar-refractivity contribution is 0.103. The van der Waals surface area contributed by atoms with E-state index in [4.69, 9.17) is 4.42 Å². The van der Waals surface area contributed by atoms with Gasteiger partial charge in [-0.05, 0) is 45.9 Å². The lowest BCUT2D eigenvalue weighted by Gasteiger charge is -2.06. The van der Waals surface area contributed by atoms with E-state index in [-0.39, 0.29) is 22.7 Å². The van der Waals surface area contributed by atoms with E-state index >= 15 is 0 Å². The van der Waals surface area contributed by atoms with Crippen molar-refractivity contribution in [2.75, 3.05) is 0 Å². The molecule has 136 valence electrons. The zero-order valence-corrected chi connectivity index (χ0v) is 15.7. The van der Waals surface area contributed by atoms with Gasteiger partial charge in [-0.15, -0.1) is 0 Å². The highest BCUT2D eigenvalue weighted by Crippen LogP contribution is 2.25. The van der Waals surface area contributed by atoms with Crippen LogP contribution in [0.15, 0.2) is 51.7 Å². The van der Waals surface area contributed by atoms with Gasteiger partial charge in [0, 0.05) is 11.4 Å². The molecule has 5 nitrogen and oxygen atoms in total. The molecule has 0 saturated heterocycles. The SMILES string of the molecule is Cc1ccc2oc(C)c(C(=O)c3nn(C(C)C)c4ccccc34)c(=O)c2c1. The molecule has 0 spiro atoms.